The fraction of sp³-hybridized carbons (Fsp3) is 0.125. The molecule has 0 saturated heterocycles. The van der Waals surface area contributed by atoms with Gasteiger partial charge in [-0.15, -0.1) is 0 Å². The van der Waals surface area contributed by atoms with Crippen LogP contribution in [0.3, 0.4) is 0 Å². The fourth-order valence-corrected chi connectivity index (χ4v) is 1.95. The Kier molecular flexibility index (Phi) is 5.01. The number of carbonyl (C=O) groups is 1. The number of nitrogens with one attached hydrogen (secondary N) is 1. The van der Waals surface area contributed by atoms with Gasteiger partial charge in [0.25, 0.3) is 5.91 Å². The number of methoxy groups -OCH3 is 1. The minimum absolute atomic E-state index is 0.0683. The Morgan fingerprint density at radius 2 is 1.91 bits per heavy atom. The lowest BCUT2D eigenvalue weighted by atomic mass is 10.1. The molecule has 0 bridgehead atoms. The molecule has 0 spiro atoms. The molecule has 5 nitrogen and oxygen atoms in total. The molecule has 0 saturated carbocycles. The molecule has 0 aromatic heterocycles. The first kappa shape index (κ1) is 15.9. The fourth-order valence-electron chi connectivity index (χ4n) is 1.78. The lowest BCUT2D eigenvalue weighted by Gasteiger charge is -2.06. The van der Waals surface area contributed by atoms with E-state index in [0.29, 0.717) is 10.7 Å². The molecule has 0 fully saturated rings. The Morgan fingerprint density at radius 3 is 2.55 bits per heavy atom. The van der Waals surface area contributed by atoms with Crippen molar-refractivity contribution in [3.63, 3.8) is 0 Å². The third-order valence-electron chi connectivity index (χ3n) is 3.04. The van der Waals surface area contributed by atoms with Gasteiger partial charge in [-0.3, -0.25) is 4.79 Å². The maximum atomic E-state index is 12.0. The molecule has 0 aliphatic carbocycles. The Bertz CT molecular complexity index is 712. The summed E-state index contributed by atoms with van der Waals surface area (Å²) >= 11 is 5.81. The van der Waals surface area contributed by atoms with Crippen LogP contribution in [0, 0.1) is 0 Å². The van der Waals surface area contributed by atoms with Gasteiger partial charge >= 0.3 is 0 Å². The smallest absolute Gasteiger partial charge is 0.275 e. The molecule has 0 atom stereocenters. The van der Waals surface area contributed by atoms with E-state index >= 15 is 0 Å². The summed E-state index contributed by atoms with van der Waals surface area (Å²) in [6.07, 6.45) is 0. The average Bonchev–Trinajstić information content (AvgIpc) is 2.54. The van der Waals surface area contributed by atoms with Crippen molar-refractivity contribution in [2.45, 2.75) is 6.92 Å². The molecule has 114 valence electrons. The summed E-state index contributed by atoms with van der Waals surface area (Å²) < 4.78 is 5.08. The zero-order valence-corrected chi connectivity index (χ0v) is 12.9. The van der Waals surface area contributed by atoms with Gasteiger partial charge in [-0.25, -0.2) is 5.43 Å². The van der Waals surface area contributed by atoms with Gasteiger partial charge in [0.05, 0.1) is 18.4 Å². The second-order valence-electron chi connectivity index (χ2n) is 4.53. The quantitative estimate of drug-likeness (QED) is 0.671. The number of hydrogen-bond acceptors (Lipinski definition) is 4. The third kappa shape index (κ3) is 3.77. The highest BCUT2D eigenvalue weighted by Crippen LogP contribution is 2.21. The van der Waals surface area contributed by atoms with E-state index in [-0.39, 0.29) is 11.3 Å². The second-order valence-corrected chi connectivity index (χ2v) is 4.96. The minimum atomic E-state index is -0.534. The molecular formula is C16H15ClN2O3. The number of rotatable bonds is 4. The van der Waals surface area contributed by atoms with Gasteiger partial charge in [0, 0.05) is 5.02 Å². The number of benzene rings is 2. The van der Waals surface area contributed by atoms with Crippen LogP contribution in [0.5, 0.6) is 11.5 Å². The van der Waals surface area contributed by atoms with Crippen molar-refractivity contribution >= 4 is 23.2 Å². The van der Waals surface area contributed by atoms with E-state index in [4.69, 9.17) is 16.3 Å². The van der Waals surface area contributed by atoms with Crippen LogP contribution >= 0.6 is 11.6 Å². The van der Waals surface area contributed by atoms with E-state index in [9.17, 15) is 9.90 Å². The van der Waals surface area contributed by atoms with E-state index in [1.54, 1.807) is 26.2 Å². The number of halogens is 1. The van der Waals surface area contributed by atoms with E-state index < -0.39 is 5.91 Å². The minimum Gasteiger partial charge on any atom is -0.507 e. The zero-order chi connectivity index (χ0) is 16.1. The van der Waals surface area contributed by atoms with Gasteiger partial charge in [0.15, 0.2) is 0 Å². The first-order valence-corrected chi connectivity index (χ1v) is 6.86. The molecule has 2 aromatic rings. The summed E-state index contributed by atoms with van der Waals surface area (Å²) in [5.74, 6) is 0.0523. The van der Waals surface area contributed by atoms with Crippen molar-refractivity contribution in [3.05, 3.63) is 58.6 Å². The van der Waals surface area contributed by atoms with Gasteiger partial charge in [0.2, 0.25) is 0 Å². The summed E-state index contributed by atoms with van der Waals surface area (Å²) in [6, 6.07) is 11.5. The second kappa shape index (κ2) is 6.95. The van der Waals surface area contributed by atoms with E-state index in [2.05, 4.69) is 10.5 Å². The molecular weight excluding hydrogens is 304 g/mol. The van der Waals surface area contributed by atoms with Gasteiger partial charge < -0.3 is 9.84 Å². The molecule has 22 heavy (non-hydrogen) atoms. The van der Waals surface area contributed by atoms with Crippen LogP contribution in [0.25, 0.3) is 0 Å². The van der Waals surface area contributed by atoms with Crippen LogP contribution in [0.1, 0.15) is 22.8 Å². The highest BCUT2D eigenvalue weighted by atomic mass is 35.5. The van der Waals surface area contributed by atoms with Crippen LogP contribution < -0.4 is 10.2 Å². The van der Waals surface area contributed by atoms with Gasteiger partial charge in [-0.2, -0.15) is 5.10 Å². The van der Waals surface area contributed by atoms with Crippen LogP contribution in [-0.2, 0) is 0 Å². The monoisotopic (exact) mass is 318 g/mol. The van der Waals surface area contributed by atoms with Gasteiger partial charge in [-0.1, -0.05) is 11.6 Å². The first-order chi connectivity index (χ1) is 10.5. The Morgan fingerprint density at radius 1 is 1.23 bits per heavy atom. The van der Waals surface area contributed by atoms with Crippen LogP contribution in [0.2, 0.25) is 5.02 Å². The van der Waals surface area contributed by atoms with Crippen molar-refractivity contribution in [3.8, 4) is 11.5 Å². The summed E-state index contributed by atoms with van der Waals surface area (Å²) in [5.41, 5.74) is 3.93. The van der Waals surface area contributed by atoms with E-state index in [1.165, 1.54) is 18.2 Å². The van der Waals surface area contributed by atoms with Crippen molar-refractivity contribution in [1.82, 2.24) is 5.43 Å². The normalized spacial score (nSPS) is 11.1. The highest BCUT2D eigenvalue weighted by molar-refractivity contribution is 6.31. The average molecular weight is 319 g/mol. The molecule has 2 N–H and O–H groups in total. The van der Waals surface area contributed by atoms with Gasteiger partial charge in [-0.05, 0) is 55.0 Å². The number of aromatic hydroxyl groups is 1. The summed E-state index contributed by atoms with van der Waals surface area (Å²) in [6.45, 7) is 1.76. The Hall–Kier alpha value is -2.53. The molecule has 0 radical (unpaired) electrons. The number of amides is 1. The Labute approximate surface area is 133 Å². The van der Waals surface area contributed by atoms with Crippen LogP contribution in [0.15, 0.2) is 47.6 Å². The maximum absolute atomic E-state index is 12.0. The van der Waals surface area contributed by atoms with Crippen LogP contribution in [0.4, 0.5) is 0 Å². The standard InChI is InChI=1S/C16H15ClN2O3/c1-10(11-3-6-13(22-2)7-4-11)18-19-16(21)14-9-12(17)5-8-15(14)20/h3-9,20H,1-2H3,(H,19,21)/b18-10+. The number of hydrogen-bond donors (Lipinski definition) is 2. The molecule has 0 heterocycles. The van der Waals surface area contributed by atoms with Crippen molar-refractivity contribution in [2.24, 2.45) is 5.10 Å². The number of nitrogens with zero attached hydrogens (tertiary/aromatic N) is 1. The molecule has 0 aliphatic rings. The van der Waals surface area contributed by atoms with Gasteiger partial charge in [0.1, 0.15) is 11.5 Å². The number of carbonyl (C=O) groups excluding carboxylic acids is 1. The zero-order valence-electron chi connectivity index (χ0n) is 12.1. The number of phenols is 1. The summed E-state index contributed by atoms with van der Waals surface area (Å²) in [5, 5.41) is 14.0. The number of ether oxygens (including phenoxy) is 1. The maximum Gasteiger partial charge on any atom is 0.275 e. The van der Waals surface area contributed by atoms with Crippen molar-refractivity contribution < 1.29 is 14.6 Å². The van der Waals surface area contributed by atoms with Crippen molar-refractivity contribution in [2.75, 3.05) is 7.11 Å². The lowest BCUT2D eigenvalue weighted by Crippen LogP contribution is -2.19. The molecule has 2 rings (SSSR count). The molecule has 1 amide bonds. The number of hydrazone groups is 1. The lowest BCUT2D eigenvalue weighted by molar-refractivity contribution is 0.0952. The predicted octanol–water partition coefficient (Wildman–Crippen LogP) is 3.21. The first-order valence-electron chi connectivity index (χ1n) is 6.49. The third-order valence-corrected chi connectivity index (χ3v) is 3.27. The summed E-state index contributed by atoms with van der Waals surface area (Å²) in [4.78, 5) is 12.0. The largest absolute Gasteiger partial charge is 0.507 e. The molecule has 6 heteroatoms. The molecule has 0 unspecified atom stereocenters. The van der Waals surface area contributed by atoms with Crippen molar-refractivity contribution in [1.29, 1.82) is 0 Å². The molecule has 2 aromatic carbocycles. The SMILES string of the molecule is COc1ccc(/C(C)=N/NC(=O)c2cc(Cl)ccc2O)cc1. The topological polar surface area (TPSA) is 70.9 Å². The van der Waals surface area contributed by atoms with E-state index in [0.717, 1.165) is 11.3 Å². The van der Waals surface area contributed by atoms with E-state index in [1.807, 2.05) is 12.1 Å². The number of phenolic OH excluding ortho intramolecular Hbond substituents is 1. The summed E-state index contributed by atoms with van der Waals surface area (Å²) in [7, 11) is 1.59. The Balaban J connectivity index is 2.12. The highest BCUT2D eigenvalue weighted by Gasteiger charge is 2.11. The predicted molar refractivity (Wildman–Crippen MR) is 85.8 cm³/mol. The molecule has 0 aliphatic heterocycles. The van der Waals surface area contributed by atoms with Crippen LogP contribution in [-0.4, -0.2) is 23.8 Å².